The summed E-state index contributed by atoms with van der Waals surface area (Å²) in [5.41, 5.74) is 0. The second kappa shape index (κ2) is 4.00. The molecular formula is C7H10F2N2O. The zero-order chi connectivity index (χ0) is 9.78. The molecule has 0 fully saturated rings. The highest BCUT2D eigenvalue weighted by molar-refractivity contribution is 5.82. The van der Waals surface area contributed by atoms with Gasteiger partial charge in [0.25, 0.3) is 5.91 Å². The fourth-order valence-electron chi connectivity index (χ4n) is 0.647. The van der Waals surface area contributed by atoms with E-state index in [1.807, 2.05) is 0 Å². The van der Waals surface area contributed by atoms with Crippen LogP contribution in [0.2, 0.25) is 0 Å². The normalized spacial score (nSPS) is 10.6. The highest BCUT2D eigenvalue weighted by Crippen LogP contribution is 2.21. The van der Waals surface area contributed by atoms with Crippen molar-refractivity contribution >= 4 is 5.91 Å². The van der Waals surface area contributed by atoms with Crippen LogP contribution in [0.1, 0.15) is 12.8 Å². The van der Waals surface area contributed by atoms with Crippen molar-refractivity contribution in [2.45, 2.75) is 18.8 Å². The largest absolute Gasteiger partial charge is 0.344 e. The van der Waals surface area contributed by atoms with Crippen LogP contribution in [-0.4, -0.2) is 30.8 Å². The molecule has 1 amide bonds. The topological polar surface area (TPSA) is 44.1 Å². The minimum atomic E-state index is -3.40. The number of carbonyl (C=O) groups excluding carboxylic acids is 1. The van der Waals surface area contributed by atoms with E-state index in [0.717, 1.165) is 4.90 Å². The molecule has 0 bridgehead atoms. The van der Waals surface area contributed by atoms with E-state index in [2.05, 4.69) is 0 Å². The maximum absolute atomic E-state index is 12.7. The van der Waals surface area contributed by atoms with Crippen molar-refractivity contribution in [3.63, 3.8) is 0 Å². The van der Waals surface area contributed by atoms with Crippen molar-refractivity contribution in [1.29, 1.82) is 5.26 Å². The fraction of sp³-hybridized carbons (Fsp3) is 0.714. The molecule has 68 valence electrons. The number of alkyl halides is 2. The highest BCUT2D eigenvalue weighted by atomic mass is 19.3. The summed E-state index contributed by atoms with van der Waals surface area (Å²) in [6.45, 7) is 0. The number of nitriles is 1. The van der Waals surface area contributed by atoms with Gasteiger partial charge in [-0.15, -0.1) is 0 Å². The predicted molar refractivity (Wildman–Crippen MR) is 38.5 cm³/mol. The van der Waals surface area contributed by atoms with Crippen molar-refractivity contribution in [3.8, 4) is 6.07 Å². The standard InChI is InChI=1S/C7H10F2N2O/c1-11(2)6(12)7(8,9)4-3-5-10/h3-4H2,1-2H3. The summed E-state index contributed by atoms with van der Waals surface area (Å²) in [5, 5.41) is 8.04. The third kappa shape index (κ3) is 2.82. The molecule has 0 aliphatic carbocycles. The second-order valence-corrected chi connectivity index (χ2v) is 2.56. The summed E-state index contributed by atoms with van der Waals surface area (Å²) in [6.07, 6.45) is -1.02. The van der Waals surface area contributed by atoms with Crippen molar-refractivity contribution in [2.75, 3.05) is 14.1 Å². The average Bonchev–Trinajstić information content (AvgIpc) is 1.99. The van der Waals surface area contributed by atoms with Crippen LogP contribution in [0.3, 0.4) is 0 Å². The molecule has 0 radical (unpaired) electrons. The Balaban J connectivity index is 4.21. The molecule has 0 unspecified atom stereocenters. The van der Waals surface area contributed by atoms with E-state index >= 15 is 0 Å². The van der Waals surface area contributed by atoms with Crippen LogP contribution in [0.15, 0.2) is 0 Å². The molecule has 0 aliphatic heterocycles. The molecule has 0 rings (SSSR count). The average molecular weight is 176 g/mol. The van der Waals surface area contributed by atoms with Crippen molar-refractivity contribution in [2.24, 2.45) is 0 Å². The van der Waals surface area contributed by atoms with Crippen molar-refractivity contribution in [1.82, 2.24) is 4.90 Å². The van der Waals surface area contributed by atoms with E-state index in [1.54, 1.807) is 6.07 Å². The van der Waals surface area contributed by atoms with E-state index in [9.17, 15) is 13.6 Å². The molecule has 0 spiro atoms. The lowest BCUT2D eigenvalue weighted by Gasteiger charge is -2.18. The first-order valence-electron chi connectivity index (χ1n) is 3.38. The summed E-state index contributed by atoms with van der Waals surface area (Å²) in [4.78, 5) is 11.6. The predicted octanol–water partition coefficient (Wildman–Crippen LogP) is 1.01. The highest BCUT2D eigenvalue weighted by Gasteiger charge is 2.39. The van der Waals surface area contributed by atoms with Crippen LogP contribution in [0.5, 0.6) is 0 Å². The Kier molecular flexibility index (Phi) is 3.61. The number of nitrogens with zero attached hydrogens (tertiary/aromatic N) is 2. The molecule has 0 aromatic heterocycles. The summed E-state index contributed by atoms with van der Waals surface area (Å²) >= 11 is 0. The van der Waals surface area contributed by atoms with Gasteiger partial charge in [0.05, 0.1) is 6.07 Å². The first-order chi connectivity index (χ1) is 5.41. The molecule has 0 saturated carbocycles. The molecule has 0 aromatic rings. The monoisotopic (exact) mass is 176 g/mol. The van der Waals surface area contributed by atoms with Crippen molar-refractivity contribution in [3.05, 3.63) is 0 Å². The van der Waals surface area contributed by atoms with Crippen molar-refractivity contribution < 1.29 is 13.6 Å². The van der Waals surface area contributed by atoms with Gasteiger partial charge in [0.15, 0.2) is 0 Å². The Morgan fingerprint density at radius 2 is 2.08 bits per heavy atom. The lowest BCUT2D eigenvalue weighted by molar-refractivity contribution is -0.155. The number of hydrogen-bond donors (Lipinski definition) is 0. The smallest absolute Gasteiger partial charge is 0.325 e. The molecular weight excluding hydrogens is 166 g/mol. The SMILES string of the molecule is CN(C)C(=O)C(F)(F)CCC#N. The Morgan fingerprint density at radius 1 is 1.58 bits per heavy atom. The lowest BCUT2D eigenvalue weighted by Crippen LogP contribution is -2.39. The first-order valence-corrected chi connectivity index (χ1v) is 3.38. The molecule has 0 N–H and O–H groups in total. The number of carbonyl (C=O) groups is 1. The Hall–Kier alpha value is -1.18. The number of halogens is 2. The summed E-state index contributed by atoms with van der Waals surface area (Å²) in [7, 11) is 2.51. The Bertz CT molecular complexity index is 208. The number of amides is 1. The Labute approximate surface area is 69.6 Å². The van der Waals surface area contributed by atoms with Crippen LogP contribution in [0, 0.1) is 11.3 Å². The zero-order valence-corrected chi connectivity index (χ0v) is 6.97. The van der Waals surface area contributed by atoms with Gasteiger partial charge in [0.2, 0.25) is 0 Å². The van der Waals surface area contributed by atoms with Gasteiger partial charge in [-0.05, 0) is 0 Å². The van der Waals surface area contributed by atoms with Gasteiger partial charge in [0.1, 0.15) is 0 Å². The summed E-state index contributed by atoms with van der Waals surface area (Å²) in [6, 6.07) is 1.57. The number of hydrogen-bond acceptors (Lipinski definition) is 2. The molecule has 0 atom stereocenters. The minimum Gasteiger partial charge on any atom is -0.344 e. The van der Waals surface area contributed by atoms with E-state index in [-0.39, 0.29) is 6.42 Å². The fourth-order valence-corrected chi connectivity index (χ4v) is 0.647. The number of rotatable bonds is 3. The van der Waals surface area contributed by atoms with Crippen LogP contribution in [0.25, 0.3) is 0 Å². The van der Waals surface area contributed by atoms with Gasteiger partial charge < -0.3 is 4.90 Å². The molecule has 0 saturated heterocycles. The third-order valence-electron chi connectivity index (χ3n) is 1.27. The second-order valence-electron chi connectivity index (χ2n) is 2.56. The van der Waals surface area contributed by atoms with Gasteiger partial charge in [-0.25, -0.2) is 0 Å². The van der Waals surface area contributed by atoms with E-state index in [0.29, 0.717) is 0 Å². The molecule has 5 heteroatoms. The molecule has 12 heavy (non-hydrogen) atoms. The van der Waals surface area contributed by atoms with Gasteiger partial charge >= 0.3 is 5.92 Å². The maximum Gasteiger partial charge on any atom is 0.325 e. The third-order valence-corrected chi connectivity index (χ3v) is 1.27. The molecule has 0 heterocycles. The minimum absolute atomic E-state index is 0.313. The van der Waals surface area contributed by atoms with E-state index < -0.39 is 18.3 Å². The van der Waals surface area contributed by atoms with E-state index in [1.165, 1.54) is 14.1 Å². The van der Waals surface area contributed by atoms with Crippen LogP contribution >= 0.6 is 0 Å². The van der Waals surface area contributed by atoms with Crippen LogP contribution in [-0.2, 0) is 4.79 Å². The molecule has 3 nitrogen and oxygen atoms in total. The summed E-state index contributed by atoms with van der Waals surface area (Å²) in [5.74, 6) is -4.66. The lowest BCUT2D eigenvalue weighted by atomic mass is 10.2. The van der Waals surface area contributed by atoms with Gasteiger partial charge in [-0.3, -0.25) is 4.79 Å². The molecule has 0 aliphatic rings. The van der Waals surface area contributed by atoms with Crippen LogP contribution in [0.4, 0.5) is 8.78 Å². The van der Waals surface area contributed by atoms with Crippen LogP contribution < -0.4 is 0 Å². The van der Waals surface area contributed by atoms with Gasteiger partial charge in [-0.2, -0.15) is 14.0 Å². The summed E-state index contributed by atoms with van der Waals surface area (Å²) < 4.78 is 25.4. The first kappa shape index (κ1) is 10.8. The van der Waals surface area contributed by atoms with E-state index in [4.69, 9.17) is 5.26 Å². The molecule has 0 aromatic carbocycles. The quantitative estimate of drug-likeness (QED) is 0.644. The van der Waals surface area contributed by atoms with Gasteiger partial charge in [0, 0.05) is 26.9 Å². The Morgan fingerprint density at radius 3 is 2.42 bits per heavy atom. The zero-order valence-electron chi connectivity index (χ0n) is 6.97. The van der Waals surface area contributed by atoms with Gasteiger partial charge in [-0.1, -0.05) is 0 Å². The maximum atomic E-state index is 12.7.